The summed E-state index contributed by atoms with van der Waals surface area (Å²) in [5.74, 6) is 1.47. The van der Waals surface area contributed by atoms with Gasteiger partial charge >= 0.3 is 0 Å². The van der Waals surface area contributed by atoms with Crippen molar-refractivity contribution in [3.8, 4) is 11.5 Å². The third kappa shape index (κ3) is 6.05. The van der Waals surface area contributed by atoms with Crippen molar-refractivity contribution in [2.45, 2.75) is 45.6 Å². The van der Waals surface area contributed by atoms with E-state index in [0.717, 1.165) is 29.9 Å². The quantitative estimate of drug-likeness (QED) is 0.649. The molecule has 0 aromatic heterocycles. The lowest BCUT2D eigenvalue weighted by Crippen LogP contribution is -2.33. The average Bonchev–Trinajstić information content (AvgIpc) is 2.74. The molecule has 1 aliphatic rings. The molecule has 0 bridgehead atoms. The Morgan fingerprint density at radius 3 is 2.21 bits per heavy atom. The molecule has 0 radical (unpaired) electrons. The summed E-state index contributed by atoms with van der Waals surface area (Å²) < 4.78 is 11.2. The molecule has 0 unspecified atom stereocenters. The van der Waals surface area contributed by atoms with Gasteiger partial charge in [0.2, 0.25) is 0 Å². The van der Waals surface area contributed by atoms with Gasteiger partial charge in [0.25, 0.3) is 5.91 Å². The molecular weight excluding hydrogens is 352 g/mol. The number of carbonyl (C=O) groups is 1. The first-order valence-corrected chi connectivity index (χ1v) is 9.93. The predicted molar refractivity (Wildman–Crippen MR) is 110 cm³/mol. The van der Waals surface area contributed by atoms with Gasteiger partial charge in [-0.05, 0) is 74.6 Å². The molecule has 0 heterocycles. The first-order valence-electron chi connectivity index (χ1n) is 9.93. The van der Waals surface area contributed by atoms with E-state index in [0.29, 0.717) is 18.8 Å². The van der Waals surface area contributed by atoms with Gasteiger partial charge in [0.05, 0.1) is 6.61 Å². The number of benzene rings is 2. The molecule has 2 aromatic rings. The molecule has 0 saturated heterocycles. The largest absolute Gasteiger partial charge is 0.494 e. The second kappa shape index (κ2) is 10.4. The van der Waals surface area contributed by atoms with Gasteiger partial charge in [-0.1, -0.05) is 24.1 Å². The molecule has 5 heteroatoms. The number of hydrazine groups is 1. The van der Waals surface area contributed by atoms with Gasteiger partial charge in [0, 0.05) is 11.8 Å². The van der Waals surface area contributed by atoms with Crippen LogP contribution in [0.25, 0.3) is 0 Å². The molecule has 0 aliphatic heterocycles. The summed E-state index contributed by atoms with van der Waals surface area (Å²) in [6.45, 7) is 3.05. The minimum absolute atomic E-state index is 0.147. The van der Waals surface area contributed by atoms with E-state index in [-0.39, 0.29) is 5.91 Å². The molecule has 0 spiro atoms. The van der Waals surface area contributed by atoms with Crippen molar-refractivity contribution in [2.24, 2.45) is 0 Å². The van der Waals surface area contributed by atoms with Gasteiger partial charge in [-0.15, -0.1) is 0 Å². The molecule has 148 valence electrons. The zero-order chi connectivity index (χ0) is 19.6. The Kier molecular flexibility index (Phi) is 7.36. The van der Waals surface area contributed by atoms with Gasteiger partial charge in [-0.2, -0.15) is 0 Å². The van der Waals surface area contributed by atoms with E-state index >= 15 is 0 Å². The summed E-state index contributed by atoms with van der Waals surface area (Å²) >= 11 is 0. The SMILES string of the molecule is CCOc1ccc(OCc2ccc(C(=O)NNC=C3CCCCC3)cc2)cc1. The molecule has 1 saturated carbocycles. The van der Waals surface area contributed by atoms with E-state index in [1.54, 1.807) is 0 Å². The van der Waals surface area contributed by atoms with Crippen LogP contribution in [-0.2, 0) is 6.61 Å². The third-order valence-electron chi connectivity index (χ3n) is 4.71. The van der Waals surface area contributed by atoms with Crippen molar-refractivity contribution >= 4 is 5.91 Å². The fraction of sp³-hybridized carbons (Fsp3) is 0.348. The standard InChI is InChI=1S/C23H28N2O3/c1-2-27-21-12-14-22(15-13-21)28-17-19-8-10-20(11-9-19)23(26)25-24-16-18-6-4-3-5-7-18/h8-16,24H,2-7,17H2,1H3,(H,25,26). The Hall–Kier alpha value is -2.95. The van der Waals surface area contributed by atoms with Crippen molar-refractivity contribution in [3.05, 3.63) is 71.4 Å². The number of rotatable bonds is 8. The lowest BCUT2D eigenvalue weighted by atomic mass is 9.96. The van der Waals surface area contributed by atoms with Crippen molar-refractivity contribution in [3.63, 3.8) is 0 Å². The van der Waals surface area contributed by atoms with Crippen molar-refractivity contribution in [2.75, 3.05) is 6.61 Å². The predicted octanol–water partition coefficient (Wildman–Crippen LogP) is 4.75. The number of allylic oxidation sites excluding steroid dienone is 1. The highest BCUT2D eigenvalue weighted by atomic mass is 16.5. The summed E-state index contributed by atoms with van der Waals surface area (Å²) in [4.78, 5) is 12.2. The highest BCUT2D eigenvalue weighted by Gasteiger charge is 2.07. The van der Waals surface area contributed by atoms with Crippen LogP contribution in [0, 0.1) is 0 Å². The molecule has 1 amide bonds. The van der Waals surface area contributed by atoms with Crippen LogP contribution in [0.2, 0.25) is 0 Å². The van der Waals surface area contributed by atoms with Gasteiger partial charge in [0.1, 0.15) is 18.1 Å². The first kappa shape index (κ1) is 19.8. The van der Waals surface area contributed by atoms with Crippen LogP contribution in [0.3, 0.4) is 0 Å². The highest BCUT2D eigenvalue weighted by Crippen LogP contribution is 2.21. The maximum atomic E-state index is 12.2. The lowest BCUT2D eigenvalue weighted by Gasteiger charge is -2.14. The lowest BCUT2D eigenvalue weighted by molar-refractivity contribution is 0.0940. The molecule has 1 aliphatic carbocycles. The maximum Gasteiger partial charge on any atom is 0.269 e. The number of nitrogens with one attached hydrogen (secondary N) is 2. The van der Waals surface area contributed by atoms with Crippen LogP contribution in [-0.4, -0.2) is 12.5 Å². The summed E-state index contributed by atoms with van der Waals surface area (Å²) in [7, 11) is 0. The van der Waals surface area contributed by atoms with Crippen LogP contribution in [0.1, 0.15) is 54.9 Å². The zero-order valence-electron chi connectivity index (χ0n) is 16.4. The molecule has 2 N–H and O–H groups in total. The number of amides is 1. The molecule has 28 heavy (non-hydrogen) atoms. The van der Waals surface area contributed by atoms with Crippen LogP contribution in [0.15, 0.2) is 60.3 Å². The smallest absolute Gasteiger partial charge is 0.269 e. The summed E-state index contributed by atoms with van der Waals surface area (Å²) in [5.41, 5.74) is 8.64. The van der Waals surface area contributed by atoms with Gasteiger partial charge in [-0.25, -0.2) is 0 Å². The molecule has 2 aromatic carbocycles. The van der Waals surface area contributed by atoms with Gasteiger partial charge in [0.15, 0.2) is 0 Å². The van der Waals surface area contributed by atoms with Crippen LogP contribution in [0.4, 0.5) is 0 Å². The number of hydrogen-bond donors (Lipinski definition) is 2. The van der Waals surface area contributed by atoms with E-state index in [4.69, 9.17) is 9.47 Å². The van der Waals surface area contributed by atoms with Gasteiger partial charge < -0.3 is 14.9 Å². The van der Waals surface area contributed by atoms with E-state index in [9.17, 15) is 4.79 Å². The van der Waals surface area contributed by atoms with Crippen LogP contribution >= 0.6 is 0 Å². The summed E-state index contributed by atoms with van der Waals surface area (Å²) in [5, 5.41) is 0. The second-order valence-corrected chi connectivity index (χ2v) is 6.85. The average molecular weight is 380 g/mol. The third-order valence-corrected chi connectivity index (χ3v) is 4.71. The minimum atomic E-state index is -0.147. The van der Waals surface area contributed by atoms with E-state index in [2.05, 4.69) is 10.9 Å². The number of ether oxygens (including phenoxy) is 2. The number of hydrogen-bond acceptors (Lipinski definition) is 4. The van der Waals surface area contributed by atoms with Crippen LogP contribution < -0.4 is 20.3 Å². The normalized spacial score (nSPS) is 13.5. The summed E-state index contributed by atoms with van der Waals surface area (Å²) in [6, 6.07) is 15.0. The Morgan fingerprint density at radius 2 is 1.57 bits per heavy atom. The maximum absolute atomic E-state index is 12.2. The Morgan fingerprint density at radius 1 is 0.929 bits per heavy atom. The fourth-order valence-electron chi connectivity index (χ4n) is 3.14. The van der Waals surface area contributed by atoms with Crippen molar-refractivity contribution < 1.29 is 14.3 Å². The Labute approximate surface area is 166 Å². The Balaban J connectivity index is 1.45. The van der Waals surface area contributed by atoms with Crippen molar-refractivity contribution in [1.82, 2.24) is 10.9 Å². The van der Waals surface area contributed by atoms with Crippen molar-refractivity contribution in [1.29, 1.82) is 0 Å². The zero-order valence-corrected chi connectivity index (χ0v) is 16.4. The second-order valence-electron chi connectivity index (χ2n) is 6.85. The first-order chi connectivity index (χ1) is 13.7. The van der Waals surface area contributed by atoms with E-state index in [1.807, 2.05) is 61.7 Å². The topological polar surface area (TPSA) is 59.6 Å². The summed E-state index contributed by atoms with van der Waals surface area (Å²) in [6.07, 6.45) is 7.94. The Bertz CT molecular complexity index is 774. The van der Waals surface area contributed by atoms with E-state index < -0.39 is 0 Å². The molecular formula is C23H28N2O3. The molecule has 1 fully saturated rings. The van der Waals surface area contributed by atoms with Crippen LogP contribution in [0.5, 0.6) is 11.5 Å². The highest BCUT2D eigenvalue weighted by molar-refractivity contribution is 5.93. The molecule has 3 rings (SSSR count). The minimum Gasteiger partial charge on any atom is -0.494 e. The molecule has 0 atom stereocenters. The van der Waals surface area contributed by atoms with Gasteiger partial charge in [-0.3, -0.25) is 10.2 Å². The fourth-order valence-corrected chi connectivity index (χ4v) is 3.14. The molecule has 5 nitrogen and oxygen atoms in total. The monoisotopic (exact) mass is 380 g/mol. The number of carbonyl (C=O) groups excluding carboxylic acids is 1. The van der Waals surface area contributed by atoms with E-state index in [1.165, 1.54) is 24.8 Å².